The standard InChI is InChI=1S/C15H22N2O3/c1-16(2)13-5-3-4-11(8-13)15(20)17-7-6-12(10-18)14(19)9-17/h3-5,8,12,14,18-19H,6-7,9-10H2,1-2H3/t12-,14+/m1/s1. The summed E-state index contributed by atoms with van der Waals surface area (Å²) in [5.41, 5.74) is 1.60. The molecule has 1 aliphatic heterocycles. The predicted octanol–water partition coefficient (Wildman–Crippen LogP) is 0.568. The maximum Gasteiger partial charge on any atom is 0.254 e. The summed E-state index contributed by atoms with van der Waals surface area (Å²) < 4.78 is 0. The van der Waals surface area contributed by atoms with Crippen LogP contribution in [0.2, 0.25) is 0 Å². The smallest absolute Gasteiger partial charge is 0.254 e. The number of carbonyl (C=O) groups is 1. The molecule has 0 bridgehead atoms. The van der Waals surface area contributed by atoms with Crippen LogP contribution in [-0.2, 0) is 0 Å². The Balaban J connectivity index is 2.10. The molecular weight excluding hydrogens is 256 g/mol. The molecule has 110 valence electrons. The van der Waals surface area contributed by atoms with Crippen LogP contribution >= 0.6 is 0 Å². The number of benzene rings is 1. The van der Waals surface area contributed by atoms with Gasteiger partial charge in [-0.1, -0.05) is 6.07 Å². The van der Waals surface area contributed by atoms with Gasteiger partial charge in [-0.3, -0.25) is 4.79 Å². The van der Waals surface area contributed by atoms with E-state index in [-0.39, 0.29) is 25.0 Å². The summed E-state index contributed by atoms with van der Waals surface area (Å²) in [5.74, 6) is -0.184. The maximum atomic E-state index is 12.4. The SMILES string of the molecule is CN(C)c1cccc(C(=O)N2CC[C@H](CO)[C@@H](O)C2)c1. The molecule has 5 heteroatoms. The van der Waals surface area contributed by atoms with Gasteiger partial charge >= 0.3 is 0 Å². The average Bonchev–Trinajstić information content (AvgIpc) is 2.46. The van der Waals surface area contributed by atoms with Crippen molar-refractivity contribution >= 4 is 11.6 Å². The Morgan fingerprint density at radius 3 is 2.80 bits per heavy atom. The zero-order chi connectivity index (χ0) is 14.7. The molecule has 2 atom stereocenters. The van der Waals surface area contributed by atoms with Gasteiger partial charge in [0, 0.05) is 51.0 Å². The number of β-amino-alcohol motifs (C(OH)–C–C–N with tert-alkyl or cyclic N) is 1. The number of anilines is 1. The van der Waals surface area contributed by atoms with Gasteiger partial charge in [0.1, 0.15) is 0 Å². The highest BCUT2D eigenvalue weighted by Crippen LogP contribution is 2.21. The number of nitrogens with zero attached hydrogens (tertiary/aromatic N) is 2. The summed E-state index contributed by atoms with van der Waals surface area (Å²) in [6.45, 7) is 0.836. The molecule has 1 saturated heterocycles. The monoisotopic (exact) mass is 278 g/mol. The highest BCUT2D eigenvalue weighted by atomic mass is 16.3. The summed E-state index contributed by atoms with van der Waals surface area (Å²) in [6.07, 6.45) is -0.00807. The Bertz CT molecular complexity index is 476. The molecule has 1 aliphatic rings. The van der Waals surface area contributed by atoms with Gasteiger partial charge in [0.15, 0.2) is 0 Å². The van der Waals surface area contributed by atoms with Crippen molar-refractivity contribution in [2.45, 2.75) is 12.5 Å². The third-order valence-electron chi connectivity index (χ3n) is 3.85. The Kier molecular flexibility index (Phi) is 4.62. The van der Waals surface area contributed by atoms with E-state index in [9.17, 15) is 9.90 Å². The van der Waals surface area contributed by atoms with E-state index in [0.717, 1.165) is 5.69 Å². The number of hydrogen-bond donors (Lipinski definition) is 2. The molecule has 1 fully saturated rings. The number of amides is 1. The highest BCUT2D eigenvalue weighted by Gasteiger charge is 2.30. The highest BCUT2D eigenvalue weighted by molar-refractivity contribution is 5.95. The van der Waals surface area contributed by atoms with Crippen LogP contribution in [-0.4, -0.2) is 60.9 Å². The number of aliphatic hydroxyl groups excluding tert-OH is 2. The van der Waals surface area contributed by atoms with Crippen molar-refractivity contribution in [2.24, 2.45) is 5.92 Å². The molecule has 0 aliphatic carbocycles. The second-order valence-electron chi connectivity index (χ2n) is 5.49. The minimum absolute atomic E-state index is 0.0285. The molecular formula is C15H22N2O3. The first-order chi connectivity index (χ1) is 9.52. The predicted molar refractivity (Wildman–Crippen MR) is 77.9 cm³/mol. The van der Waals surface area contributed by atoms with Gasteiger partial charge in [-0.25, -0.2) is 0 Å². The van der Waals surface area contributed by atoms with Crippen LogP contribution in [0.15, 0.2) is 24.3 Å². The normalized spacial score (nSPS) is 22.7. The Morgan fingerprint density at radius 2 is 2.20 bits per heavy atom. The molecule has 1 amide bonds. The fourth-order valence-electron chi connectivity index (χ4n) is 2.48. The van der Waals surface area contributed by atoms with Crippen molar-refractivity contribution < 1.29 is 15.0 Å². The first kappa shape index (κ1) is 14.8. The van der Waals surface area contributed by atoms with E-state index in [1.54, 1.807) is 11.0 Å². The summed E-state index contributed by atoms with van der Waals surface area (Å²) in [7, 11) is 3.86. The molecule has 20 heavy (non-hydrogen) atoms. The summed E-state index contributed by atoms with van der Waals surface area (Å²) in [6, 6.07) is 7.45. The molecule has 0 spiro atoms. The van der Waals surface area contributed by atoms with Gasteiger partial charge in [-0.15, -0.1) is 0 Å². The van der Waals surface area contributed by atoms with Crippen molar-refractivity contribution in [3.05, 3.63) is 29.8 Å². The van der Waals surface area contributed by atoms with Crippen molar-refractivity contribution in [3.63, 3.8) is 0 Å². The van der Waals surface area contributed by atoms with Crippen molar-refractivity contribution in [2.75, 3.05) is 38.7 Å². The molecule has 0 radical (unpaired) electrons. The zero-order valence-electron chi connectivity index (χ0n) is 12.0. The van der Waals surface area contributed by atoms with E-state index >= 15 is 0 Å². The van der Waals surface area contributed by atoms with Crippen molar-refractivity contribution in [1.29, 1.82) is 0 Å². The number of carbonyl (C=O) groups excluding carboxylic acids is 1. The molecule has 2 rings (SSSR count). The fraction of sp³-hybridized carbons (Fsp3) is 0.533. The second-order valence-corrected chi connectivity index (χ2v) is 5.49. The molecule has 0 saturated carbocycles. The fourth-order valence-corrected chi connectivity index (χ4v) is 2.48. The van der Waals surface area contributed by atoms with Crippen LogP contribution in [0.1, 0.15) is 16.8 Å². The van der Waals surface area contributed by atoms with E-state index in [1.807, 2.05) is 37.2 Å². The summed E-state index contributed by atoms with van der Waals surface area (Å²) in [4.78, 5) is 16.1. The average molecular weight is 278 g/mol. The van der Waals surface area contributed by atoms with E-state index in [0.29, 0.717) is 18.5 Å². The quantitative estimate of drug-likeness (QED) is 0.848. The number of aliphatic hydroxyl groups is 2. The maximum absolute atomic E-state index is 12.4. The summed E-state index contributed by atoms with van der Waals surface area (Å²) in [5, 5.41) is 19.0. The van der Waals surface area contributed by atoms with Crippen LogP contribution in [0.4, 0.5) is 5.69 Å². The molecule has 1 aromatic rings. The zero-order valence-corrected chi connectivity index (χ0v) is 12.0. The molecule has 1 heterocycles. The Labute approximate surface area is 119 Å². The van der Waals surface area contributed by atoms with Gasteiger partial charge < -0.3 is 20.0 Å². The molecule has 0 aromatic heterocycles. The minimum Gasteiger partial charge on any atom is -0.396 e. The van der Waals surface area contributed by atoms with Crippen LogP contribution in [0.3, 0.4) is 0 Å². The topological polar surface area (TPSA) is 64.0 Å². The molecule has 1 aromatic carbocycles. The van der Waals surface area contributed by atoms with E-state index < -0.39 is 6.10 Å². The second kappa shape index (κ2) is 6.24. The van der Waals surface area contributed by atoms with E-state index in [2.05, 4.69) is 0 Å². The third-order valence-corrected chi connectivity index (χ3v) is 3.85. The van der Waals surface area contributed by atoms with Crippen LogP contribution < -0.4 is 4.90 Å². The molecule has 2 N–H and O–H groups in total. The van der Waals surface area contributed by atoms with Gasteiger partial charge in [0.25, 0.3) is 5.91 Å². The van der Waals surface area contributed by atoms with Gasteiger partial charge in [-0.2, -0.15) is 0 Å². The van der Waals surface area contributed by atoms with E-state index in [4.69, 9.17) is 5.11 Å². The van der Waals surface area contributed by atoms with E-state index in [1.165, 1.54) is 0 Å². The lowest BCUT2D eigenvalue weighted by molar-refractivity contribution is 0.000879. The first-order valence-electron chi connectivity index (χ1n) is 6.88. The molecule has 5 nitrogen and oxygen atoms in total. The lowest BCUT2D eigenvalue weighted by atomic mass is 9.94. The lowest BCUT2D eigenvalue weighted by Gasteiger charge is -2.35. The molecule has 0 unspecified atom stereocenters. The van der Waals surface area contributed by atoms with Gasteiger partial charge in [0.2, 0.25) is 0 Å². The van der Waals surface area contributed by atoms with Crippen LogP contribution in [0.5, 0.6) is 0 Å². The largest absolute Gasteiger partial charge is 0.396 e. The minimum atomic E-state index is -0.644. The number of piperidine rings is 1. The lowest BCUT2D eigenvalue weighted by Crippen LogP contribution is -2.47. The van der Waals surface area contributed by atoms with Crippen LogP contribution in [0.25, 0.3) is 0 Å². The third kappa shape index (κ3) is 3.11. The number of rotatable bonds is 3. The number of hydrogen-bond acceptors (Lipinski definition) is 4. The summed E-state index contributed by atoms with van der Waals surface area (Å²) >= 11 is 0. The van der Waals surface area contributed by atoms with Gasteiger partial charge in [-0.05, 0) is 24.6 Å². The van der Waals surface area contributed by atoms with Gasteiger partial charge in [0.05, 0.1) is 6.10 Å². The van der Waals surface area contributed by atoms with Crippen molar-refractivity contribution in [3.8, 4) is 0 Å². The van der Waals surface area contributed by atoms with Crippen LogP contribution in [0, 0.1) is 5.92 Å². The van der Waals surface area contributed by atoms with Crippen molar-refractivity contribution in [1.82, 2.24) is 4.90 Å². The number of likely N-dealkylation sites (tertiary alicyclic amines) is 1. The Morgan fingerprint density at radius 1 is 1.45 bits per heavy atom. The Hall–Kier alpha value is -1.59. The first-order valence-corrected chi connectivity index (χ1v) is 6.88.